The molecule has 0 aromatic heterocycles. The highest BCUT2D eigenvalue weighted by atomic mass is 35.5. The lowest BCUT2D eigenvalue weighted by molar-refractivity contribution is 0.248. The fourth-order valence-electron chi connectivity index (χ4n) is 3.04. The lowest BCUT2D eigenvalue weighted by Gasteiger charge is -2.15. The second-order valence-electron chi connectivity index (χ2n) is 6.71. The second kappa shape index (κ2) is 8.43. The van der Waals surface area contributed by atoms with Gasteiger partial charge in [0.25, 0.3) is 0 Å². The molecule has 3 rings (SSSR count). The number of nitrogens with zero attached hydrogens (tertiary/aromatic N) is 1. The summed E-state index contributed by atoms with van der Waals surface area (Å²) in [6.07, 6.45) is 1.82. The quantitative estimate of drug-likeness (QED) is 0.801. The topological polar surface area (TPSA) is 53.6 Å². The largest absolute Gasteiger partial charge is 0.492 e. The Kier molecular flexibility index (Phi) is 6.01. The van der Waals surface area contributed by atoms with E-state index in [2.05, 4.69) is 15.5 Å². The van der Waals surface area contributed by atoms with Crippen LogP contribution >= 0.6 is 11.6 Å². The van der Waals surface area contributed by atoms with E-state index in [9.17, 15) is 4.79 Å². The average Bonchev–Trinajstić information content (AvgIpc) is 2.98. The normalized spacial score (nSPS) is 15.6. The summed E-state index contributed by atoms with van der Waals surface area (Å²) in [6, 6.07) is 13.1. The molecule has 5 nitrogen and oxygen atoms in total. The second-order valence-corrected chi connectivity index (χ2v) is 7.15. The third-order valence-corrected chi connectivity index (χ3v) is 4.64. The zero-order chi connectivity index (χ0) is 18.5. The van der Waals surface area contributed by atoms with Gasteiger partial charge in [-0.1, -0.05) is 17.7 Å². The molecule has 138 valence electrons. The van der Waals surface area contributed by atoms with Gasteiger partial charge in [0.2, 0.25) is 0 Å². The Morgan fingerprint density at radius 3 is 2.73 bits per heavy atom. The van der Waals surface area contributed by atoms with E-state index in [1.807, 2.05) is 56.6 Å². The number of carbonyl (C=O) groups excluding carboxylic acids is 1. The van der Waals surface area contributed by atoms with Crippen molar-refractivity contribution in [2.75, 3.05) is 32.6 Å². The van der Waals surface area contributed by atoms with E-state index >= 15 is 0 Å². The molecule has 2 aromatic rings. The fourth-order valence-corrected chi connectivity index (χ4v) is 3.24. The number of aryl methyl sites for hydroxylation is 1. The minimum Gasteiger partial charge on any atom is -0.492 e. The molecule has 0 spiro atoms. The molecule has 0 fully saturated rings. The summed E-state index contributed by atoms with van der Waals surface area (Å²) >= 11 is 6.03. The molecule has 2 amide bonds. The van der Waals surface area contributed by atoms with Crippen molar-refractivity contribution in [1.82, 2.24) is 10.2 Å². The maximum absolute atomic E-state index is 12.3. The summed E-state index contributed by atoms with van der Waals surface area (Å²) < 4.78 is 5.65. The molecule has 1 aliphatic carbocycles. The number of anilines is 1. The molecule has 0 saturated carbocycles. The van der Waals surface area contributed by atoms with Gasteiger partial charge < -0.3 is 20.3 Å². The predicted octanol–water partition coefficient (Wildman–Crippen LogP) is 4.09. The first-order chi connectivity index (χ1) is 12.5. The van der Waals surface area contributed by atoms with Crippen molar-refractivity contribution in [2.45, 2.75) is 18.9 Å². The van der Waals surface area contributed by atoms with Gasteiger partial charge in [0.05, 0.1) is 6.04 Å². The van der Waals surface area contributed by atoms with Crippen molar-refractivity contribution in [2.24, 2.45) is 0 Å². The molecule has 0 aliphatic heterocycles. The number of likely N-dealkylation sites (N-methyl/N-ethyl adjacent to an activating group) is 1. The Morgan fingerprint density at radius 1 is 1.23 bits per heavy atom. The van der Waals surface area contributed by atoms with E-state index in [0.717, 1.165) is 41.4 Å². The van der Waals surface area contributed by atoms with Crippen LogP contribution in [0, 0.1) is 0 Å². The maximum Gasteiger partial charge on any atom is 0.319 e. The number of rotatable bonds is 6. The SMILES string of the molecule is CN(C)CCOc1ccc(NC(=O)N[C@H]2CCc3cc(Cl)ccc32)cc1. The highest BCUT2D eigenvalue weighted by molar-refractivity contribution is 6.30. The van der Waals surface area contributed by atoms with Gasteiger partial charge in [-0.15, -0.1) is 0 Å². The van der Waals surface area contributed by atoms with Crippen molar-refractivity contribution < 1.29 is 9.53 Å². The smallest absolute Gasteiger partial charge is 0.319 e. The lowest BCUT2D eigenvalue weighted by atomic mass is 10.1. The molecule has 26 heavy (non-hydrogen) atoms. The first-order valence-electron chi connectivity index (χ1n) is 8.75. The van der Waals surface area contributed by atoms with E-state index in [1.54, 1.807) is 0 Å². The minimum absolute atomic E-state index is 0.0240. The molecular weight excluding hydrogens is 350 g/mol. The van der Waals surface area contributed by atoms with Crippen molar-refractivity contribution in [3.05, 3.63) is 58.6 Å². The lowest BCUT2D eigenvalue weighted by Crippen LogP contribution is -2.31. The van der Waals surface area contributed by atoms with E-state index in [1.165, 1.54) is 5.56 Å². The van der Waals surface area contributed by atoms with Crippen LogP contribution in [0.3, 0.4) is 0 Å². The first-order valence-corrected chi connectivity index (χ1v) is 9.12. The highest BCUT2D eigenvalue weighted by Crippen LogP contribution is 2.32. The number of nitrogens with one attached hydrogen (secondary N) is 2. The Labute approximate surface area is 159 Å². The fraction of sp³-hybridized carbons (Fsp3) is 0.350. The number of benzene rings is 2. The number of halogens is 1. The van der Waals surface area contributed by atoms with Crippen LogP contribution in [0.25, 0.3) is 0 Å². The summed E-state index contributed by atoms with van der Waals surface area (Å²) in [6.45, 7) is 1.49. The molecule has 2 aromatic carbocycles. The molecule has 0 saturated heterocycles. The number of carbonyl (C=O) groups is 1. The van der Waals surface area contributed by atoms with Crippen LogP contribution in [0.1, 0.15) is 23.6 Å². The van der Waals surface area contributed by atoms with Crippen molar-refractivity contribution in [3.63, 3.8) is 0 Å². The zero-order valence-electron chi connectivity index (χ0n) is 15.1. The summed E-state index contributed by atoms with van der Waals surface area (Å²) in [4.78, 5) is 14.4. The van der Waals surface area contributed by atoms with Gasteiger partial charge in [0.15, 0.2) is 0 Å². The summed E-state index contributed by atoms with van der Waals surface area (Å²) in [7, 11) is 4.01. The standard InChI is InChI=1S/C20H24ClN3O2/c1-24(2)11-12-26-17-7-5-16(6-8-17)22-20(25)23-19-10-3-14-13-15(21)4-9-18(14)19/h4-9,13,19H,3,10-12H2,1-2H3,(H2,22,23,25)/t19-/m0/s1. The molecule has 0 unspecified atom stereocenters. The van der Waals surface area contributed by atoms with Crippen LogP contribution in [0.15, 0.2) is 42.5 Å². The summed E-state index contributed by atoms with van der Waals surface area (Å²) in [5.41, 5.74) is 3.09. The van der Waals surface area contributed by atoms with Crippen LogP contribution in [0.5, 0.6) is 5.75 Å². The summed E-state index contributed by atoms with van der Waals surface area (Å²) in [5.74, 6) is 0.791. The third kappa shape index (κ3) is 4.90. The predicted molar refractivity (Wildman–Crippen MR) is 105 cm³/mol. The molecule has 0 radical (unpaired) electrons. The monoisotopic (exact) mass is 373 g/mol. The number of urea groups is 1. The van der Waals surface area contributed by atoms with Gasteiger partial charge in [-0.2, -0.15) is 0 Å². The molecule has 1 aliphatic rings. The van der Waals surface area contributed by atoms with Gasteiger partial charge in [-0.05, 0) is 74.5 Å². The molecule has 6 heteroatoms. The zero-order valence-corrected chi connectivity index (χ0v) is 15.8. The van der Waals surface area contributed by atoms with Gasteiger partial charge in [-0.3, -0.25) is 0 Å². The van der Waals surface area contributed by atoms with Crippen LogP contribution in [0.4, 0.5) is 10.5 Å². The molecule has 1 atom stereocenters. The minimum atomic E-state index is -0.209. The number of ether oxygens (including phenoxy) is 1. The Bertz CT molecular complexity index is 762. The third-order valence-electron chi connectivity index (χ3n) is 4.41. The Hall–Kier alpha value is -2.24. The highest BCUT2D eigenvalue weighted by Gasteiger charge is 2.24. The van der Waals surface area contributed by atoms with Crippen LogP contribution in [-0.2, 0) is 6.42 Å². The van der Waals surface area contributed by atoms with Crippen molar-refractivity contribution >= 4 is 23.3 Å². The first kappa shape index (κ1) is 18.5. The van der Waals surface area contributed by atoms with Crippen molar-refractivity contribution in [3.8, 4) is 5.75 Å². The van der Waals surface area contributed by atoms with Crippen LogP contribution in [0.2, 0.25) is 5.02 Å². The number of hydrogen-bond acceptors (Lipinski definition) is 3. The average molecular weight is 374 g/mol. The van der Waals surface area contributed by atoms with Crippen molar-refractivity contribution in [1.29, 1.82) is 0 Å². The van der Waals surface area contributed by atoms with Gasteiger partial charge in [0, 0.05) is 17.3 Å². The van der Waals surface area contributed by atoms with E-state index in [0.29, 0.717) is 6.61 Å². The molecule has 0 heterocycles. The number of fused-ring (bicyclic) bond motifs is 1. The van der Waals surface area contributed by atoms with Crippen LogP contribution < -0.4 is 15.4 Å². The number of amides is 2. The van der Waals surface area contributed by atoms with Gasteiger partial charge >= 0.3 is 6.03 Å². The van der Waals surface area contributed by atoms with E-state index in [-0.39, 0.29) is 12.1 Å². The van der Waals surface area contributed by atoms with Gasteiger partial charge in [-0.25, -0.2) is 4.79 Å². The summed E-state index contributed by atoms with van der Waals surface area (Å²) in [5, 5.41) is 6.64. The maximum atomic E-state index is 12.3. The van der Waals surface area contributed by atoms with Gasteiger partial charge in [0.1, 0.15) is 12.4 Å². The van der Waals surface area contributed by atoms with E-state index < -0.39 is 0 Å². The van der Waals surface area contributed by atoms with Crippen LogP contribution in [-0.4, -0.2) is 38.2 Å². The van der Waals surface area contributed by atoms with E-state index in [4.69, 9.17) is 16.3 Å². The number of hydrogen-bond donors (Lipinski definition) is 2. The molecule has 0 bridgehead atoms. The molecule has 2 N–H and O–H groups in total. The Balaban J connectivity index is 1.51. The molecular formula is C20H24ClN3O2. The Morgan fingerprint density at radius 2 is 2.00 bits per heavy atom.